The molecular formula is C33H37ClF3N5O. The van der Waals surface area contributed by atoms with E-state index in [0.29, 0.717) is 11.6 Å². The van der Waals surface area contributed by atoms with Gasteiger partial charge in [0.2, 0.25) is 0 Å². The predicted octanol–water partition coefficient (Wildman–Crippen LogP) is 6.56. The summed E-state index contributed by atoms with van der Waals surface area (Å²) in [7, 11) is 0. The summed E-state index contributed by atoms with van der Waals surface area (Å²) >= 11 is 6.39. The van der Waals surface area contributed by atoms with E-state index in [0.717, 1.165) is 97.8 Å². The lowest BCUT2D eigenvalue weighted by Gasteiger charge is -2.35. The highest BCUT2D eigenvalue weighted by Crippen LogP contribution is 2.38. The number of halogens is 4. The molecule has 2 aliphatic heterocycles. The van der Waals surface area contributed by atoms with Crippen LogP contribution in [0.5, 0.6) is 5.75 Å². The van der Waals surface area contributed by atoms with E-state index in [9.17, 15) is 13.2 Å². The van der Waals surface area contributed by atoms with Crippen molar-refractivity contribution in [3.05, 3.63) is 88.6 Å². The minimum Gasteiger partial charge on any atom is -0.406 e. The van der Waals surface area contributed by atoms with Gasteiger partial charge in [-0.05, 0) is 78.5 Å². The fourth-order valence-electron chi connectivity index (χ4n) is 6.43. The van der Waals surface area contributed by atoms with Crippen LogP contribution in [-0.2, 0) is 19.6 Å². The van der Waals surface area contributed by atoms with E-state index in [1.54, 1.807) is 6.07 Å². The number of alkyl halides is 3. The third-order valence-electron chi connectivity index (χ3n) is 8.64. The van der Waals surface area contributed by atoms with Gasteiger partial charge in [0.25, 0.3) is 0 Å². The number of nitrogens with one attached hydrogen (secondary N) is 1. The summed E-state index contributed by atoms with van der Waals surface area (Å²) in [6.07, 6.45) is -0.554. The number of ether oxygens (including phenoxy) is 1. The van der Waals surface area contributed by atoms with E-state index >= 15 is 0 Å². The number of nitrogens with zero attached hydrogens (tertiary/aromatic N) is 3. The van der Waals surface area contributed by atoms with Crippen LogP contribution in [0.15, 0.2) is 66.9 Å². The average Bonchev–Trinajstić information content (AvgIpc) is 3.37. The maximum Gasteiger partial charge on any atom is 0.573 e. The fraction of sp³-hybridized carbons (Fsp3) is 0.394. The van der Waals surface area contributed by atoms with Crippen LogP contribution in [0.3, 0.4) is 0 Å². The maximum absolute atomic E-state index is 12.9. The Morgan fingerprint density at radius 2 is 1.58 bits per heavy atom. The number of aromatic nitrogens is 1. The molecule has 6 nitrogen and oxygen atoms in total. The first-order valence-corrected chi connectivity index (χ1v) is 15.3. The SMILES string of the molecule is NCc1cc(OC(F)(F)F)ccc1-c1cn(C2CCNCC2)c2ccc(CN3CCN(Cc4ccccc4Cl)CC3)cc12. The molecule has 0 bridgehead atoms. The van der Waals surface area contributed by atoms with Crippen molar-refractivity contribution in [1.29, 1.82) is 0 Å². The van der Waals surface area contributed by atoms with E-state index < -0.39 is 6.36 Å². The quantitative estimate of drug-likeness (QED) is 0.236. The van der Waals surface area contributed by atoms with Crippen molar-refractivity contribution in [2.24, 2.45) is 5.73 Å². The zero-order valence-corrected chi connectivity index (χ0v) is 24.8. The third kappa shape index (κ3) is 7.02. The summed E-state index contributed by atoms with van der Waals surface area (Å²) in [5.41, 5.74) is 12.0. The van der Waals surface area contributed by atoms with E-state index in [4.69, 9.17) is 17.3 Å². The van der Waals surface area contributed by atoms with Gasteiger partial charge in [0, 0.05) is 79.5 Å². The van der Waals surface area contributed by atoms with E-state index in [1.807, 2.05) is 18.2 Å². The van der Waals surface area contributed by atoms with Crippen molar-refractivity contribution in [3.8, 4) is 16.9 Å². The standard InChI is InChI=1S/C33H37ClF3N5O/c34-31-4-2-1-3-24(31)21-41-15-13-40(14-16-41)20-23-5-8-32-29(17-23)30(22-42(32)26-9-11-39-12-10-26)28-7-6-27(18-25(28)19-38)43-33(35,36)37/h1-8,17-18,22,26,39H,9-16,19-21,38H2. The van der Waals surface area contributed by atoms with Crippen LogP contribution in [0.25, 0.3) is 22.0 Å². The summed E-state index contributed by atoms with van der Waals surface area (Å²) in [5, 5.41) is 5.34. The minimum atomic E-state index is -4.76. The summed E-state index contributed by atoms with van der Waals surface area (Å²) in [5.74, 6) is -0.256. The highest BCUT2D eigenvalue weighted by Gasteiger charge is 2.31. The Balaban J connectivity index is 1.26. The molecule has 2 aliphatic rings. The number of hydrogen-bond acceptors (Lipinski definition) is 5. The van der Waals surface area contributed by atoms with Crippen molar-refractivity contribution in [2.75, 3.05) is 39.3 Å². The molecule has 6 rings (SSSR count). The van der Waals surface area contributed by atoms with Crippen molar-refractivity contribution >= 4 is 22.5 Å². The molecule has 3 aromatic carbocycles. The zero-order valence-electron chi connectivity index (χ0n) is 24.0. The topological polar surface area (TPSA) is 58.7 Å². The van der Waals surface area contributed by atoms with Gasteiger partial charge in [-0.1, -0.05) is 41.9 Å². The highest BCUT2D eigenvalue weighted by molar-refractivity contribution is 6.31. The van der Waals surface area contributed by atoms with Gasteiger partial charge < -0.3 is 20.4 Å². The Hall–Kier alpha value is -3.08. The van der Waals surface area contributed by atoms with Crippen LogP contribution < -0.4 is 15.8 Å². The number of piperidine rings is 1. The van der Waals surface area contributed by atoms with Gasteiger partial charge in [-0.2, -0.15) is 0 Å². The summed E-state index contributed by atoms with van der Waals surface area (Å²) in [6, 6.07) is 19.5. The zero-order chi connectivity index (χ0) is 30.0. The minimum absolute atomic E-state index is 0.0998. The number of hydrogen-bond donors (Lipinski definition) is 2. The molecular weight excluding hydrogens is 575 g/mol. The second kappa shape index (κ2) is 12.9. The van der Waals surface area contributed by atoms with E-state index in [2.05, 4.69) is 54.9 Å². The summed E-state index contributed by atoms with van der Waals surface area (Å²) in [4.78, 5) is 4.92. The van der Waals surface area contributed by atoms with Crippen molar-refractivity contribution in [2.45, 2.75) is 44.9 Å². The second-order valence-corrected chi connectivity index (χ2v) is 11.9. The Morgan fingerprint density at radius 3 is 2.28 bits per heavy atom. The van der Waals surface area contributed by atoms with E-state index in [1.165, 1.54) is 17.7 Å². The van der Waals surface area contributed by atoms with Crippen LogP contribution in [0.1, 0.15) is 35.6 Å². The number of piperazine rings is 1. The number of nitrogens with two attached hydrogens (primary N) is 1. The lowest BCUT2D eigenvalue weighted by atomic mass is 9.98. The van der Waals surface area contributed by atoms with Gasteiger partial charge in [-0.25, -0.2) is 0 Å². The van der Waals surface area contributed by atoms with Gasteiger partial charge in [0.05, 0.1) is 0 Å². The van der Waals surface area contributed by atoms with Crippen LogP contribution >= 0.6 is 11.6 Å². The fourth-order valence-corrected chi connectivity index (χ4v) is 6.63. The molecule has 0 atom stereocenters. The van der Waals surface area contributed by atoms with Crippen molar-refractivity contribution < 1.29 is 17.9 Å². The maximum atomic E-state index is 12.9. The smallest absolute Gasteiger partial charge is 0.406 e. The van der Waals surface area contributed by atoms with Crippen molar-refractivity contribution in [1.82, 2.24) is 19.7 Å². The average molecular weight is 612 g/mol. The van der Waals surface area contributed by atoms with Gasteiger partial charge in [0.1, 0.15) is 5.75 Å². The lowest BCUT2D eigenvalue weighted by molar-refractivity contribution is -0.274. The lowest BCUT2D eigenvalue weighted by Crippen LogP contribution is -2.45. The highest BCUT2D eigenvalue weighted by atomic mass is 35.5. The molecule has 0 saturated carbocycles. The Bertz CT molecular complexity index is 1560. The summed E-state index contributed by atoms with van der Waals surface area (Å²) in [6.45, 7) is 7.55. The molecule has 2 saturated heterocycles. The molecule has 3 heterocycles. The molecule has 10 heteroatoms. The third-order valence-corrected chi connectivity index (χ3v) is 9.01. The molecule has 0 radical (unpaired) electrons. The Kier molecular flexibility index (Phi) is 8.98. The molecule has 3 N–H and O–H groups in total. The number of rotatable bonds is 8. The van der Waals surface area contributed by atoms with Crippen LogP contribution in [0.2, 0.25) is 5.02 Å². The molecule has 4 aromatic rings. The van der Waals surface area contributed by atoms with Crippen LogP contribution in [-0.4, -0.2) is 60.0 Å². The molecule has 43 heavy (non-hydrogen) atoms. The molecule has 0 spiro atoms. The summed E-state index contributed by atoms with van der Waals surface area (Å²) < 4.78 is 45.3. The Morgan fingerprint density at radius 1 is 0.860 bits per heavy atom. The molecule has 1 aromatic heterocycles. The van der Waals surface area contributed by atoms with Gasteiger partial charge in [0.15, 0.2) is 0 Å². The number of fused-ring (bicyclic) bond motifs is 1. The second-order valence-electron chi connectivity index (χ2n) is 11.5. The predicted molar refractivity (Wildman–Crippen MR) is 165 cm³/mol. The van der Waals surface area contributed by atoms with Crippen LogP contribution in [0.4, 0.5) is 13.2 Å². The first kappa shape index (κ1) is 30.0. The first-order valence-electron chi connectivity index (χ1n) is 14.9. The normalized spacial score (nSPS) is 17.5. The van der Waals surface area contributed by atoms with Gasteiger partial charge in [-0.3, -0.25) is 9.80 Å². The largest absolute Gasteiger partial charge is 0.573 e. The first-order chi connectivity index (χ1) is 20.8. The Labute approximate surface area is 255 Å². The van der Waals surface area contributed by atoms with Gasteiger partial charge in [-0.15, -0.1) is 13.2 Å². The number of benzene rings is 3. The molecule has 2 fully saturated rings. The van der Waals surface area contributed by atoms with Crippen molar-refractivity contribution in [3.63, 3.8) is 0 Å². The molecule has 0 amide bonds. The molecule has 228 valence electrons. The monoisotopic (exact) mass is 611 g/mol. The van der Waals surface area contributed by atoms with Gasteiger partial charge >= 0.3 is 6.36 Å². The van der Waals surface area contributed by atoms with Crippen LogP contribution in [0, 0.1) is 0 Å². The molecule has 0 aliphatic carbocycles. The van der Waals surface area contributed by atoms with E-state index in [-0.39, 0.29) is 12.3 Å². The molecule has 0 unspecified atom stereocenters.